The molecule has 27 heavy (non-hydrogen) atoms. The third-order valence-electron chi connectivity index (χ3n) is 5.51. The lowest BCUT2D eigenvalue weighted by atomic mass is 10.0. The molecule has 154 valence electrons. The van der Waals surface area contributed by atoms with E-state index in [0.717, 1.165) is 43.5 Å². The van der Waals surface area contributed by atoms with Crippen molar-refractivity contribution in [2.75, 3.05) is 32.7 Å². The van der Waals surface area contributed by atoms with Gasteiger partial charge in [0.1, 0.15) is 5.76 Å². The van der Waals surface area contributed by atoms with E-state index in [2.05, 4.69) is 41.5 Å². The molecule has 1 aromatic heterocycles. The van der Waals surface area contributed by atoms with Crippen molar-refractivity contribution >= 4 is 5.96 Å². The van der Waals surface area contributed by atoms with Crippen molar-refractivity contribution in [2.45, 2.75) is 72.8 Å². The number of aliphatic imine (C=N–C) groups is 1. The second-order valence-electron chi connectivity index (χ2n) is 7.96. The van der Waals surface area contributed by atoms with Gasteiger partial charge in [-0.1, -0.05) is 31.8 Å². The zero-order valence-corrected chi connectivity index (χ0v) is 18.0. The molecule has 1 atom stereocenters. The lowest BCUT2D eigenvalue weighted by molar-refractivity contribution is 0.166. The number of guanidine groups is 1. The average molecular weight is 378 g/mol. The van der Waals surface area contributed by atoms with Crippen LogP contribution < -0.4 is 10.6 Å². The van der Waals surface area contributed by atoms with Crippen molar-refractivity contribution in [2.24, 2.45) is 10.9 Å². The van der Waals surface area contributed by atoms with Gasteiger partial charge >= 0.3 is 0 Å². The first kappa shape index (κ1) is 21.7. The predicted molar refractivity (Wildman–Crippen MR) is 112 cm³/mol. The highest BCUT2D eigenvalue weighted by atomic mass is 16.5. The summed E-state index contributed by atoms with van der Waals surface area (Å²) in [5.74, 6) is 2.43. The van der Waals surface area contributed by atoms with Crippen LogP contribution in [-0.2, 0) is 6.42 Å². The van der Waals surface area contributed by atoms with E-state index in [1.165, 1.54) is 44.3 Å². The van der Waals surface area contributed by atoms with E-state index in [1.54, 1.807) is 0 Å². The molecule has 1 unspecified atom stereocenters. The van der Waals surface area contributed by atoms with E-state index < -0.39 is 0 Å². The lowest BCUT2D eigenvalue weighted by Crippen LogP contribution is -2.44. The maximum Gasteiger partial charge on any atom is 0.191 e. The highest BCUT2D eigenvalue weighted by Crippen LogP contribution is 2.18. The summed E-state index contributed by atoms with van der Waals surface area (Å²) in [4.78, 5) is 7.58. The Morgan fingerprint density at radius 3 is 2.41 bits per heavy atom. The molecule has 6 heteroatoms. The Bertz CT molecular complexity index is 554. The molecular formula is C21H39N5O. The van der Waals surface area contributed by atoms with Crippen LogP contribution in [-0.4, -0.2) is 54.8 Å². The zero-order chi connectivity index (χ0) is 19.6. The predicted octanol–water partition coefficient (Wildman–Crippen LogP) is 3.29. The summed E-state index contributed by atoms with van der Waals surface area (Å²) >= 11 is 0. The van der Waals surface area contributed by atoms with Crippen LogP contribution in [0.2, 0.25) is 0 Å². The second kappa shape index (κ2) is 11.3. The zero-order valence-electron chi connectivity index (χ0n) is 18.0. The van der Waals surface area contributed by atoms with Gasteiger partial charge in [0.25, 0.3) is 0 Å². The number of aryl methyl sites for hydroxylation is 2. The van der Waals surface area contributed by atoms with Crippen LogP contribution in [0.25, 0.3) is 0 Å². The molecule has 2 rings (SSSR count). The summed E-state index contributed by atoms with van der Waals surface area (Å²) in [6.45, 7) is 15.7. The molecule has 0 spiro atoms. The van der Waals surface area contributed by atoms with Crippen LogP contribution in [0.4, 0.5) is 0 Å². The molecule has 1 aliphatic rings. The molecular weight excluding hydrogens is 338 g/mol. The number of rotatable bonds is 8. The Kier molecular flexibility index (Phi) is 9.11. The smallest absolute Gasteiger partial charge is 0.191 e. The van der Waals surface area contributed by atoms with Crippen molar-refractivity contribution in [1.82, 2.24) is 20.7 Å². The van der Waals surface area contributed by atoms with E-state index in [9.17, 15) is 0 Å². The number of nitrogens with one attached hydrogen (secondary N) is 2. The molecule has 0 saturated carbocycles. The van der Waals surface area contributed by atoms with Crippen LogP contribution in [0.3, 0.4) is 0 Å². The summed E-state index contributed by atoms with van der Waals surface area (Å²) in [5.41, 5.74) is 2.18. The molecule has 2 heterocycles. The van der Waals surface area contributed by atoms with Crippen molar-refractivity contribution in [3.05, 3.63) is 17.0 Å². The summed E-state index contributed by atoms with van der Waals surface area (Å²) in [6, 6.07) is 0.515. The van der Waals surface area contributed by atoms with Gasteiger partial charge in [-0.15, -0.1) is 0 Å². The molecule has 0 aromatic carbocycles. The Balaban J connectivity index is 1.93. The summed E-state index contributed by atoms with van der Waals surface area (Å²) < 4.78 is 5.25. The summed E-state index contributed by atoms with van der Waals surface area (Å²) in [6.07, 6.45) is 6.28. The normalized spacial score (nSPS) is 17.8. The van der Waals surface area contributed by atoms with E-state index in [0.29, 0.717) is 12.0 Å². The fraction of sp³-hybridized carbons (Fsp3) is 0.810. The van der Waals surface area contributed by atoms with Crippen molar-refractivity contribution < 1.29 is 4.52 Å². The van der Waals surface area contributed by atoms with Crippen molar-refractivity contribution in [3.63, 3.8) is 0 Å². The maximum absolute atomic E-state index is 5.25. The summed E-state index contributed by atoms with van der Waals surface area (Å²) in [5, 5.41) is 10.9. The fourth-order valence-electron chi connectivity index (χ4n) is 3.87. The number of hydrogen-bond donors (Lipinski definition) is 2. The van der Waals surface area contributed by atoms with E-state index in [4.69, 9.17) is 9.52 Å². The van der Waals surface area contributed by atoms with Gasteiger partial charge in [0.05, 0.1) is 12.2 Å². The van der Waals surface area contributed by atoms with E-state index in [-0.39, 0.29) is 0 Å². The molecule has 1 aromatic rings. The van der Waals surface area contributed by atoms with E-state index >= 15 is 0 Å². The molecule has 0 radical (unpaired) electrons. The van der Waals surface area contributed by atoms with Gasteiger partial charge in [-0.25, -0.2) is 0 Å². The highest BCUT2D eigenvalue weighted by Gasteiger charge is 2.22. The molecule has 2 N–H and O–H groups in total. The third-order valence-corrected chi connectivity index (χ3v) is 5.51. The molecule has 0 amide bonds. The number of likely N-dealkylation sites (tertiary alicyclic amines) is 1. The summed E-state index contributed by atoms with van der Waals surface area (Å²) in [7, 11) is 0. The minimum Gasteiger partial charge on any atom is -0.361 e. The van der Waals surface area contributed by atoms with Gasteiger partial charge in [-0.3, -0.25) is 9.89 Å². The number of hydrogen-bond acceptors (Lipinski definition) is 4. The Morgan fingerprint density at radius 2 is 1.85 bits per heavy atom. The largest absolute Gasteiger partial charge is 0.361 e. The SMILES string of the molecule is CCNC(=NCC(C(C)C)N1CCCCCC1)NCCc1c(C)noc1C. The molecule has 0 aliphatic carbocycles. The lowest BCUT2D eigenvalue weighted by Gasteiger charge is -2.32. The van der Waals surface area contributed by atoms with Gasteiger partial charge in [-0.05, 0) is 59.0 Å². The van der Waals surface area contributed by atoms with Crippen LogP contribution in [0, 0.1) is 19.8 Å². The highest BCUT2D eigenvalue weighted by molar-refractivity contribution is 5.79. The molecule has 6 nitrogen and oxygen atoms in total. The Labute approximate surface area is 165 Å². The third kappa shape index (κ3) is 6.83. The average Bonchev–Trinajstić information content (AvgIpc) is 2.83. The molecule has 1 saturated heterocycles. The van der Waals surface area contributed by atoms with Crippen LogP contribution in [0.1, 0.15) is 63.5 Å². The first-order chi connectivity index (χ1) is 13.0. The van der Waals surface area contributed by atoms with Gasteiger partial charge in [0, 0.05) is 24.7 Å². The quantitative estimate of drug-likeness (QED) is 0.537. The topological polar surface area (TPSA) is 65.7 Å². The molecule has 1 aliphatic heterocycles. The Hall–Kier alpha value is -1.56. The first-order valence-electron chi connectivity index (χ1n) is 10.7. The van der Waals surface area contributed by atoms with Gasteiger partial charge in [-0.2, -0.15) is 0 Å². The standard InChI is InChI=1S/C21H39N5O/c1-6-22-21(23-12-11-19-17(4)25-27-18(19)5)24-15-20(16(2)3)26-13-9-7-8-10-14-26/h16,20H,6-15H2,1-5H3,(H2,22,23,24). The van der Waals surface area contributed by atoms with Gasteiger partial charge in [0.15, 0.2) is 5.96 Å². The van der Waals surface area contributed by atoms with Crippen LogP contribution >= 0.6 is 0 Å². The second-order valence-corrected chi connectivity index (χ2v) is 7.96. The minimum atomic E-state index is 0.515. The van der Waals surface area contributed by atoms with E-state index in [1.807, 2.05) is 13.8 Å². The monoisotopic (exact) mass is 377 g/mol. The minimum absolute atomic E-state index is 0.515. The number of aromatic nitrogens is 1. The molecule has 1 fully saturated rings. The van der Waals surface area contributed by atoms with Gasteiger partial charge in [0.2, 0.25) is 0 Å². The van der Waals surface area contributed by atoms with Crippen molar-refractivity contribution in [3.8, 4) is 0 Å². The van der Waals surface area contributed by atoms with Gasteiger partial charge < -0.3 is 15.2 Å². The van der Waals surface area contributed by atoms with Crippen LogP contribution in [0.5, 0.6) is 0 Å². The first-order valence-corrected chi connectivity index (χ1v) is 10.7. The fourth-order valence-corrected chi connectivity index (χ4v) is 3.87. The number of nitrogens with zero attached hydrogens (tertiary/aromatic N) is 3. The van der Waals surface area contributed by atoms with Crippen molar-refractivity contribution in [1.29, 1.82) is 0 Å². The maximum atomic E-state index is 5.25. The Morgan fingerprint density at radius 1 is 1.15 bits per heavy atom. The molecule has 0 bridgehead atoms. The van der Waals surface area contributed by atoms with Crippen LogP contribution in [0.15, 0.2) is 9.52 Å².